The molecule has 0 aliphatic rings. The summed E-state index contributed by atoms with van der Waals surface area (Å²) < 4.78 is 27.6. The average Bonchev–Trinajstić information content (AvgIpc) is 1.30. The maximum Gasteiger partial charge on any atom is 0.264 e. The van der Waals surface area contributed by atoms with Crippen molar-refractivity contribution in [2.75, 3.05) is 5.75 Å². The predicted octanol–water partition coefficient (Wildman–Crippen LogP) is -0.543. The van der Waals surface area contributed by atoms with Gasteiger partial charge in [0.2, 0.25) is 0 Å². The van der Waals surface area contributed by atoms with Crippen LogP contribution in [0.2, 0.25) is 0 Å². The van der Waals surface area contributed by atoms with Crippen LogP contribution in [-0.2, 0) is 27.2 Å². The van der Waals surface area contributed by atoms with Gasteiger partial charge in [0.05, 0.1) is 5.75 Å². The average molecular weight is 197 g/mol. The van der Waals surface area contributed by atoms with Crippen molar-refractivity contribution < 1.29 is 35.5 Å². The van der Waals surface area contributed by atoms with Gasteiger partial charge in [0.25, 0.3) is 10.1 Å². The third-order valence-electron chi connectivity index (χ3n) is 0.462. The first-order valence-electron chi connectivity index (χ1n) is 2.01. The van der Waals surface area contributed by atoms with E-state index in [0.717, 1.165) is 0 Å². The molecule has 9 heavy (non-hydrogen) atoms. The third kappa shape index (κ3) is 17.8. The summed E-state index contributed by atoms with van der Waals surface area (Å²) in [7, 11) is -3.67. The summed E-state index contributed by atoms with van der Waals surface area (Å²) in [6, 6.07) is 0. The molecular formula is C3H10MnO4S. The standard InChI is InChI=1S/C3H8O3S.Mn.H2O/c1-2-3-7(4,5)6;;/h2-3H2,1H3,(H,4,5,6);;1H2. The maximum atomic E-state index is 9.79. The molecule has 0 aromatic heterocycles. The van der Waals surface area contributed by atoms with Crippen molar-refractivity contribution >= 4 is 10.1 Å². The van der Waals surface area contributed by atoms with Crippen LogP contribution in [0.15, 0.2) is 0 Å². The summed E-state index contributed by atoms with van der Waals surface area (Å²) in [6.45, 7) is 1.69. The normalized spacial score (nSPS) is 9.11. The van der Waals surface area contributed by atoms with Gasteiger partial charge in [0, 0.05) is 17.1 Å². The van der Waals surface area contributed by atoms with E-state index >= 15 is 0 Å². The second kappa shape index (κ2) is 6.51. The van der Waals surface area contributed by atoms with E-state index in [-0.39, 0.29) is 28.3 Å². The molecule has 0 heterocycles. The zero-order valence-corrected chi connectivity index (χ0v) is 6.96. The zero-order valence-electron chi connectivity index (χ0n) is 4.96. The molecule has 3 N–H and O–H groups in total. The first-order chi connectivity index (χ1) is 3.06. The van der Waals surface area contributed by atoms with Crippen LogP contribution >= 0.6 is 0 Å². The van der Waals surface area contributed by atoms with Crippen molar-refractivity contribution in [3.8, 4) is 0 Å². The Morgan fingerprint density at radius 1 is 1.44 bits per heavy atom. The van der Waals surface area contributed by atoms with Gasteiger partial charge in [-0.3, -0.25) is 4.55 Å². The second-order valence-corrected chi connectivity index (χ2v) is 2.86. The van der Waals surface area contributed by atoms with Crippen LogP contribution in [0.25, 0.3) is 0 Å². The van der Waals surface area contributed by atoms with Gasteiger partial charge in [0.1, 0.15) is 0 Å². The maximum absolute atomic E-state index is 9.79. The Labute approximate surface area is 65.2 Å². The topological polar surface area (TPSA) is 85.9 Å². The SMILES string of the molecule is CCCS(=O)(=O)O.O.[Mn]. The van der Waals surface area contributed by atoms with E-state index in [1.54, 1.807) is 6.92 Å². The molecule has 0 aliphatic heterocycles. The Balaban J connectivity index is -0.000000180. The van der Waals surface area contributed by atoms with Crippen LogP contribution in [0, 0.1) is 0 Å². The van der Waals surface area contributed by atoms with E-state index in [4.69, 9.17) is 4.55 Å². The fraction of sp³-hybridized carbons (Fsp3) is 1.00. The molecule has 0 unspecified atom stereocenters. The number of hydrogen-bond donors (Lipinski definition) is 1. The molecule has 6 heteroatoms. The summed E-state index contributed by atoms with van der Waals surface area (Å²) in [4.78, 5) is 0. The van der Waals surface area contributed by atoms with Gasteiger partial charge in [-0.2, -0.15) is 8.42 Å². The molecule has 0 saturated heterocycles. The van der Waals surface area contributed by atoms with E-state index in [2.05, 4.69) is 0 Å². The van der Waals surface area contributed by atoms with Crippen molar-refractivity contribution in [3.05, 3.63) is 0 Å². The second-order valence-electron chi connectivity index (χ2n) is 1.29. The van der Waals surface area contributed by atoms with Gasteiger partial charge in [-0.25, -0.2) is 0 Å². The molecule has 0 amide bonds. The Hall–Kier alpha value is 0.389. The minimum Gasteiger partial charge on any atom is -0.412 e. The van der Waals surface area contributed by atoms with E-state index in [1.807, 2.05) is 0 Å². The molecular weight excluding hydrogens is 187 g/mol. The molecule has 0 saturated carbocycles. The van der Waals surface area contributed by atoms with E-state index in [1.165, 1.54) is 0 Å². The van der Waals surface area contributed by atoms with Gasteiger partial charge < -0.3 is 5.48 Å². The first-order valence-corrected chi connectivity index (χ1v) is 3.62. The number of hydrogen-bond acceptors (Lipinski definition) is 2. The molecule has 0 atom stereocenters. The molecule has 1 radical (unpaired) electrons. The molecule has 0 aromatic carbocycles. The Bertz CT molecular complexity index is 129. The molecule has 4 nitrogen and oxygen atoms in total. The predicted molar refractivity (Wildman–Crippen MR) is 30.3 cm³/mol. The molecule has 0 fully saturated rings. The van der Waals surface area contributed by atoms with Crippen molar-refractivity contribution in [2.24, 2.45) is 0 Å². The van der Waals surface area contributed by atoms with E-state index < -0.39 is 10.1 Å². The van der Waals surface area contributed by atoms with Gasteiger partial charge in [-0.15, -0.1) is 0 Å². The third-order valence-corrected chi connectivity index (χ3v) is 1.39. The molecule has 0 aromatic rings. The van der Waals surface area contributed by atoms with E-state index in [9.17, 15) is 8.42 Å². The van der Waals surface area contributed by atoms with Crippen molar-refractivity contribution in [1.82, 2.24) is 0 Å². The van der Waals surface area contributed by atoms with Crippen LogP contribution in [-0.4, -0.2) is 24.2 Å². The summed E-state index contributed by atoms with van der Waals surface area (Å²) in [5.41, 5.74) is 0. The fourth-order valence-corrected chi connectivity index (χ4v) is 0.774. The van der Waals surface area contributed by atoms with Gasteiger partial charge in [0.15, 0.2) is 0 Å². The summed E-state index contributed by atoms with van der Waals surface area (Å²) in [5.74, 6) is -0.132. The van der Waals surface area contributed by atoms with Crippen LogP contribution in [0.3, 0.4) is 0 Å². The first kappa shape index (κ1) is 16.2. The minimum atomic E-state index is -3.67. The smallest absolute Gasteiger partial charge is 0.264 e. The summed E-state index contributed by atoms with van der Waals surface area (Å²) in [6.07, 6.45) is 0.471. The van der Waals surface area contributed by atoms with Crippen LogP contribution in [0.1, 0.15) is 13.3 Å². The largest absolute Gasteiger partial charge is 0.412 e. The van der Waals surface area contributed by atoms with E-state index in [0.29, 0.717) is 6.42 Å². The molecule has 0 bridgehead atoms. The van der Waals surface area contributed by atoms with Gasteiger partial charge in [-0.1, -0.05) is 6.92 Å². The minimum absolute atomic E-state index is 0. The number of rotatable bonds is 2. The molecule has 59 valence electrons. The summed E-state index contributed by atoms with van der Waals surface area (Å²) in [5, 5.41) is 0. The molecule has 0 rings (SSSR count). The Morgan fingerprint density at radius 3 is 1.78 bits per heavy atom. The Morgan fingerprint density at radius 2 is 1.78 bits per heavy atom. The van der Waals surface area contributed by atoms with Crippen LogP contribution < -0.4 is 0 Å². The van der Waals surface area contributed by atoms with Crippen molar-refractivity contribution in [2.45, 2.75) is 13.3 Å². The summed E-state index contributed by atoms with van der Waals surface area (Å²) >= 11 is 0. The molecule has 0 aliphatic carbocycles. The van der Waals surface area contributed by atoms with Gasteiger partial charge >= 0.3 is 0 Å². The monoisotopic (exact) mass is 197 g/mol. The molecule has 0 spiro atoms. The zero-order chi connectivity index (χ0) is 5.91. The van der Waals surface area contributed by atoms with Crippen LogP contribution in [0.4, 0.5) is 0 Å². The van der Waals surface area contributed by atoms with Crippen molar-refractivity contribution in [3.63, 3.8) is 0 Å². The Kier molecular flexibility index (Phi) is 11.7. The van der Waals surface area contributed by atoms with Gasteiger partial charge in [-0.05, 0) is 6.42 Å². The quantitative estimate of drug-likeness (QED) is 0.476. The fourth-order valence-electron chi connectivity index (χ4n) is 0.258. The van der Waals surface area contributed by atoms with Crippen molar-refractivity contribution in [1.29, 1.82) is 0 Å². The van der Waals surface area contributed by atoms with Crippen LogP contribution in [0.5, 0.6) is 0 Å².